The van der Waals surface area contributed by atoms with Crippen molar-refractivity contribution in [1.29, 1.82) is 0 Å². The van der Waals surface area contributed by atoms with Crippen molar-refractivity contribution in [2.24, 2.45) is 0 Å². The predicted molar refractivity (Wildman–Crippen MR) is 344 cm³/mol. The van der Waals surface area contributed by atoms with E-state index < -0.39 is 6.10 Å². The quantitative estimate of drug-likeness (QED) is 0.0261. The highest BCUT2D eigenvalue weighted by molar-refractivity contribution is 5.71. The van der Waals surface area contributed by atoms with E-state index in [1.54, 1.807) is 0 Å². The van der Waals surface area contributed by atoms with Gasteiger partial charge in [0.2, 0.25) is 0 Å². The molecule has 0 aliphatic carbocycles. The van der Waals surface area contributed by atoms with Crippen molar-refractivity contribution in [3.05, 3.63) is 72.9 Å². The van der Waals surface area contributed by atoms with E-state index in [0.717, 1.165) is 96.3 Å². The van der Waals surface area contributed by atoms with E-state index in [9.17, 15) is 14.4 Å². The van der Waals surface area contributed by atoms with Crippen molar-refractivity contribution >= 4 is 17.9 Å². The number of rotatable bonds is 63. The maximum atomic E-state index is 12.9. The molecular weight excluding hydrogens is 973 g/mol. The first-order valence-electron chi connectivity index (χ1n) is 34.4. The number of unbranched alkanes of at least 4 members (excludes halogenated alkanes) is 40. The third-order valence-electron chi connectivity index (χ3n) is 15.2. The largest absolute Gasteiger partial charge is 0.462 e. The van der Waals surface area contributed by atoms with Crippen LogP contribution in [0.25, 0.3) is 0 Å². The molecule has 0 amide bonds. The Bertz CT molecular complexity index is 1450. The Kier molecular flexibility index (Phi) is 64.7. The second kappa shape index (κ2) is 67.4. The summed E-state index contributed by atoms with van der Waals surface area (Å²) in [5.41, 5.74) is 0. The molecule has 1 unspecified atom stereocenters. The summed E-state index contributed by atoms with van der Waals surface area (Å²) in [6.07, 6.45) is 88.0. The van der Waals surface area contributed by atoms with E-state index in [0.29, 0.717) is 19.3 Å². The van der Waals surface area contributed by atoms with E-state index >= 15 is 0 Å². The van der Waals surface area contributed by atoms with E-state index in [2.05, 4.69) is 93.7 Å². The topological polar surface area (TPSA) is 78.9 Å². The second-order valence-electron chi connectivity index (χ2n) is 23.1. The van der Waals surface area contributed by atoms with Crippen LogP contribution in [0.4, 0.5) is 0 Å². The molecule has 0 aromatic rings. The maximum Gasteiger partial charge on any atom is 0.306 e. The summed E-state index contributed by atoms with van der Waals surface area (Å²) in [5, 5.41) is 0. The monoisotopic (exact) mass is 1100 g/mol. The molecule has 0 spiro atoms. The highest BCUT2D eigenvalue weighted by Gasteiger charge is 2.19. The Morgan fingerprint density at radius 1 is 0.266 bits per heavy atom. The standard InChI is InChI=1S/C73H130O6/c1-4-7-10-13-16-19-22-25-27-28-29-30-31-32-33-34-35-36-37-38-39-40-41-42-43-44-45-46-47-49-51-54-57-60-63-66-72(75)78-69-70(68-77-71(74)65-62-59-56-53-50-24-21-18-15-12-9-6-3)79-73(76)67-64-61-58-55-52-48-26-23-20-17-14-11-8-5-2/h7,10,16,18-19,21,25,27,29-30,32-33,70H,4-6,8-9,11-15,17,20,22-24,26,28,31,34-69H2,1-3H3/b10-7-,19-16-,21-18-,27-25-,30-29-,33-32-. The summed E-state index contributed by atoms with van der Waals surface area (Å²) in [6.45, 7) is 6.54. The number of ether oxygens (including phenoxy) is 3. The summed E-state index contributed by atoms with van der Waals surface area (Å²) in [7, 11) is 0. The minimum absolute atomic E-state index is 0.0715. The lowest BCUT2D eigenvalue weighted by Gasteiger charge is -2.18. The maximum absolute atomic E-state index is 12.9. The molecule has 79 heavy (non-hydrogen) atoms. The third kappa shape index (κ3) is 65.5. The van der Waals surface area contributed by atoms with Crippen molar-refractivity contribution in [3.8, 4) is 0 Å². The van der Waals surface area contributed by atoms with Gasteiger partial charge in [0.1, 0.15) is 13.2 Å². The fraction of sp³-hybridized carbons (Fsp3) is 0.795. The van der Waals surface area contributed by atoms with Crippen molar-refractivity contribution in [3.63, 3.8) is 0 Å². The Morgan fingerprint density at radius 3 is 0.810 bits per heavy atom. The van der Waals surface area contributed by atoms with Gasteiger partial charge in [0, 0.05) is 19.3 Å². The van der Waals surface area contributed by atoms with Crippen LogP contribution in [0.1, 0.15) is 355 Å². The zero-order valence-electron chi connectivity index (χ0n) is 52.6. The van der Waals surface area contributed by atoms with Crippen LogP contribution in [0, 0.1) is 0 Å². The molecule has 6 heteroatoms. The van der Waals surface area contributed by atoms with Crippen LogP contribution in [-0.2, 0) is 28.6 Å². The first kappa shape index (κ1) is 75.8. The van der Waals surface area contributed by atoms with Crippen molar-refractivity contribution in [1.82, 2.24) is 0 Å². The van der Waals surface area contributed by atoms with Gasteiger partial charge >= 0.3 is 17.9 Å². The van der Waals surface area contributed by atoms with E-state index in [4.69, 9.17) is 14.2 Å². The molecule has 1 atom stereocenters. The summed E-state index contributed by atoms with van der Waals surface area (Å²) < 4.78 is 16.9. The smallest absolute Gasteiger partial charge is 0.306 e. The molecule has 458 valence electrons. The highest BCUT2D eigenvalue weighted by Crippen LogP contribution is 2.18. The van der Waals surface area contributed by atoms with Crippen LogP contribution in [0.5, 0.6) is 0 Å². The fourth-order valence-corrected chi connectivity index (χ4v) is 10.1. The van der Waals surface area contributed by atoms with Gasteiger partial charge in [0.15, 0.2) is 6.10 Å². The summed E-state index contributed by atoms with van der Waals surface area (Å²) in [6, 6.07) is 0. The third-order valence-corrected chi connectivity index (χ3v) is 15.2. The van der Waals surface area contributed by atoms with E-state index in [1.807, 2.05) is 0 Å². The molecular formula is C73H130O6. The minimum Gasteiger partial charge on any atom is -0.462 e. The van der Waals surface area contributed by atoms with E-state index in [-0.39, 0.29) is 31.1 Å². The first-order valence-corrected chi connectivity index (χ1v) is 34.4. The van der Waals surface area contributed by atoms with Gasteiger partial charge in [0.25, 0.3) is 0 Å². The SMILES string of the molecule is CC/C=C\C/C=C\C/C=C\C/C=C\C/C=C\CCCCCCCCCCCCCCCCCCCCCC(=O)OCC(COC(=O)CCCCCCC/C=C\CCCCC)OC(=O)CCCCCCCCCCCCCCCC. The number of hydrogen-bond donors (Lipinski definition) is 0. The van der Waals surface area contributed by atoms with Crippen LogP contribution < -0.4 is 0 Å². The van der Waals surface area contributed by atoms with Gasteiger partial charge in [-0.25, -0.2) is 0 Å². The Labute approximate surface area is 491 Å². The minimum atomic E-state index is -0.774. The van der Waals surface area contributed by atoms with Gasteiger partial charge in [0.05, 0.1) is 0 Å². The van der Waals surface area contributed by atoms with Gasteiger partial charge in [-0.3, -0.25) is 14.4 Å². The van der Waals surface area contributed by atoms with Crippen molar-refractivity contribution < 1.29 is 28.6 Å². The lowest BCUT2D eigenvalue weighted by atomic mass is 10.0. The molecule has 0 aromatic carbocycles. The van der Waals surface area contributed by atoms with Crippen LogP contribution in [0.15, 0.2) is 72.9 Å². The first-order chi connectivity index (χ1) is 39.0. The average Bonchev–Trinajstić information content (AvgIpc) is 3.45. The number of allylic oxidation sites excluding steroid dienone is 12. The van der Waals surface area contributed by atoms with Crippen LogP contribution >= 0.6 is 0 Å². The second-order valence-corrected chi connectivity index (χ2v) is 23.1. The van der Waals surface area contributed by atoms with Crippen LogP contribution in [0.3, 0.4) is 0 Å². The molecule has 0 aliphatic rings. The molecule has 0 rings (SSSR count). The molecule has 0 aliphatic heterocycles. The van der Waals surface area contributed by atoms with Crippen LogP contribution in [-0.4, -0.2) is 37.2 Å². The normalized spacial score (nSPS) is 12.5. The lowest BCUT2D eigenvalue weighted by molar-refractivity contribution is -0.167. The lowest BCUT2D eigenvalue weighted by Crippen LogP contribution is -2.30. The Hall–Kier alpha value is -3.15. The molecule has 0 saturated carbocycles. The molecule has 0 N–H and O–H groups in total. The highest BCUT2D eigenvalue weighted by atomic mass is 16.6. The Balaban J connectivity index is 4.06. The molecule has 0 aromatic heterocycles. The zero-order chi connectivity index (χ0) is 57.1. The average molecular weight is 1100 g/mol. The zero-order valence-corrected chi connectivity index (χ0v) is 52.6. The van der Waals surface area contributed by atoms with Gasteiger partial charge in [-0.05, 0) is 89.9 Å². The van der Waals surface area contributed by atoms with Gasteiger partial charge in [-0.1, -0.05) is 318 Å². The molecule has 0 bridgehead atoms. The molecule has 0 saturated heterocycles. The number of carbonyl (C=O) groups excluding carboxylic acids is 3. The fourth-order valence-electron chi connectivity index (χ4n) is 10.1. The molecule has 0 heterocycles. The van der Waals surface area contributed by atoms with Crippen molar-refractivity contribution in [2.45, 2.75) is 361 Å². The van der Waals surface area contributed by atoms with Crippen molar-refractivity contribution in [2.75, 3.05) is 13.2 Å². The summed E-state index contributed by atoms with van der Waals surface area (Å²) >= 11 is 0. The van der Waals surface area contributed by atoms with E-state index in [1.165, 1.54) is 218 Å². The van der Waals surface area contributed by atoms with Crippen LogP contribution in [0.2, 0.25) is 0 Å². The summed E-state index contributed by atoms with van der Waals surface area (Å²) in [5.74, 6) is -0.860. The van der Waals surface area contributed by atoms with Gasteiger partial charge < -0.3 is 14.2 Å². The Morgan fingerprint density at radius 2 is 0.494 bits per heavy atom. The predicted octanol–water partition coefficient (Wildman–Crippen LogP) is 23.7. The van der Waals surface area contributed by atoms with Gasteiger partial charge in [-0.15, -0.1) is 0 Å². The number of carbonyl (C=O) groups is 3. The summed E-state index contributed by atoms with van der Waals surface area (Å²) in [4.78, 5) is 38.3. The molecule has 0 fully saturated rings. The number of esters is 3. The number of hydrogen-bond acceptors (Lipinski definition) is 6. The molecule has 6 nitrogen and oxygen atoms in total. The molecule has 0 radical (unpaired) electrons. The van der Waals surface area contributed by atoms with Gasteiger partial charge in [-0.2, -0.15) is 0 Å².